The van der Waals surface area contributed by atoms with E-state index in [1.54, 1.807) is 6.92 Å². The van der Waals surface area contributed by atoms with Gasteiger partial charge in [0.05, 0.1) is 12.6 Å². The molecule has 0 radical (unpaired) electrons. The lowest BCUT2D eigenvalue weighted by molar-refractivity contribution is -0.150. The van der Waals surface area contributed by atoms with E-state index in [1.165, 1.54) is 0 Å². The van der Waals surface area contributed by atoms with E-state index in [0.717, 1.165) is 13.1 Å². The van der Waals surface area contributed by atoms with Crippen molar-refractivity contribution >= 4 is 5.97 Å². The van der Waals surface area contributed by atoms with Crippen molar-refractivity contribution in [3.05, 3.63) is 0 Å². The lowest BCUT2D eigenvalue weighted by Crippen LogP contribution is -2.40. The molecule has 4 nitrogen and oxygen atoms in total. The zero-order valence-electron chi connectivity index (χ0n) is 7.32. The summed E-state index contributed by atoms with van der Waals surface area (Å²) in [7, 11) is 0. The number of cyclic esters (lactones) is 1. The average Bonchev–Trinajstić information content (AvgIpc) is 2.01. The van der Waals surface area contributed by atoms with Gasteiger partial charge in [-0.25, -0.2) is 0 Å². The van der Waals surface area contributed by atoms with Crippen LogP contribution in [0, 0.1) is 0 Å². The molecule has 1 rings (SSSR count). The average molecular weight is 173 g/mol. The van der Waals surface area contributed by atoms with Gasteiger partial charge in [-0.05, 0) is 13.3 Å². The van der Waals surface area contributed by atoms with E-state index >= 15 is 0 Å². The van der Waals surface area contributed by atoms with Crippen molar-refractivity contribution in [1.82, 2.24) is 4.90 Å². The van der Waals surface area contributed by atoms with E-state index in [1.807, 2.05) is 4.90 Å². The zero-order valence-corrected chi connectivity index (χ0v) is 7.32. The molecule has 0 amide bonds. The van der Waals surface area contributed by atoms with Crippen molar-refractivity contribution in [3.63, 3.8) is 0 Å². The summed E-state index contributed by atoms with van der Waals surface area (Å²) in [6.07, 6.45) is 0.427. The van der Waals surface area contributed by atoms with Gasteiger partial charge >= 0.3 is 5.97 Å². The van der Waals surface area contributed by atoms with Gasteiger partial charge in [-0.1, -0.05) is 0 Å². The first-order valence-electron chi connectivity index (χ1n) is 4.24. The molecule has 1 aliphatic heterocycles. The number of esters is 1. The van der Waals surface area contributed by atoms with E-state index in [9.17, 15) is 4.79 Å². The third-order valence-electron chi connectivity index (χ3n) is 1.89. The number of aliphatic hydroxyl groups is 1. The number of hydrogen-bond donors (Lipinski definition) is 1. The van der Waals surface area contributed by atoms with Crippen LogP contribution in [0.1, 0.15) is 13.3 Å². The highest BCUT2D eigenvalue weighted by atomic mass is 16.5. The van der Waals surface area contributed by atoms with Crippen LogP contribution in [0.25, 0.3) is 0 Å². The van der Waals surface area contributed by atoms with Gasteiger partial charge in [0.2, 0.25) is 0 Å². The standard InChI is InChI=1S/C8H15NO3/c1-7(10)2-3-9-4-5-12-8(11)6-9/h7,10H,2-6H2,1H3. The van der Waals surface area contributed by atoms with Gasteiger partial charge in [-0.15, -0.1) is 0 Å². The minimum absolute atomic E-state index is 0.160. The lowest BCUT2D eigenvalue weighted by atomic mass is 10.2. The molecule has 1 fully saturated rings. The van der Waals surface area contributed by atoms with Crippen molar-refractivity contribution in [2.75, 3.05) is 26.2 Å². The Hall–Kier alpha value is -0.610. The summed E-state index contributed by atoms with van der Waals surface area (Å²) < 4.78 is 4.77. The molecular formula is C8H15NO3. The smallest absolute Gasteiger partial charge is 0.320 e. The van der Waals surface area contributed by atoms with Gasteiger partial charge in [-0.2, -0.15) is 0 Å². The Bertz CT molecular complexity index is 158. The third kappa shape index (κ3) is 3.19. The second-order valence-corrected chi connectivity index (χ2v) is 3.13. The summed E-state index contributed by atoms with van der Waals surface area (Å²) in [5.74, 6) is -0.160. The van der Waals surface area contributed by atoms with Crippen LogP contribution in [0.5, 0.6) is 0 Å². The van der Waals surface area contributed by atoms with E-state index in [0.29, 0.717) is 19.6 Å². The van der Waals surface area contributed by atoms with Crippen LogP contribution in [0.4, 0.5) is 0 Å². The highest BCUT2D eigenvalue weighted by Crippen LogP contribution is 2.00. The number of aliphatic hydroxyl groups excluding tert-OH is 1. The van der Waals surface area contributed by atoms with Crippen LogP contribution in [0.15, 0.2) is 0 Å². The summed E-state index contributed by atoms with van der Waals surface area (Å²) >= 11 is 0. The number of carbonyl (C=O) groups excluding carboxylic acids is 1. The Morgan fingerprint density at radius 3 is 3.08 bits per heavy atom. The molecular weight excluding hydrogens is 158 g/mol. The van der Waals surface area contributed by atoms with Crippen LogP contribution in [-0.4, -0.2) is 48.3 Å². The Morgan fingerprint density at radius 2 is 2.50 bits per heavy atom. The molecule has 0 aliphatic carbocycles. The predicted molar refractivity (Wildman–Crippen MR) is 43.7 cm³/mol. The quantitative estimate of drug-likeness (QED) is 0.591. The van der Waals surface area contributed by atoms with Gasteiger partial charge in [0.1, 0.15) is 6.61 Å². The van der Waals surface area contributed by atoms with Crippen LogP contribution >= 0.6 is 0 Å². The van der Waals surface area contributed by atoms with Crippen LogP contribution in [0.3, 0.4) is 0 Å². The van der Waals surface area contributed by atoms with E-state index < -0.39 is 0 Å². The number of nitrogens with zero attached hydrogens (tertiary/aromatic N) is 1. The van der Waals surface area contributed by atoms with E-state index in [-0.39, 0.29) is 12.1 Å². The van der Waals surface area contributed by atoms with Crippen molar-refractivity contribution in [2.24, 2.45) is 0 Å². The Morgan fingerprint density at radius 1 is 1.75 bits per heavy atom. The Kier molecular flexibility index (Phi) is 3.49. The molecule has 1 heterocycles. The largest absolute Gasteiger partial charge is 0.463 e. The molecule has 1 unspecified atom stereocenters. The number of hydrogen-bond acceptors (Lipinski definition) is 4. The Labute approximate surface area is 72.1 Å². The predicted octanol–water partition coefficient (Wildman–Crippen LogP) is -0.384. The molecule has 1 atom stereocenters. The minimum Gasteiger partial charge on any atom is -0.463 e. The maximum Gasteiger partial charge on any atom is 0.320 e. The molecule has 0 aromatic carbocycles. The monoisotopic (exact) mass is 173 g/mol. The van der Waals surface area contributed by atoms with Crippen molar-refractivity contribution in [3.8, 4) is 0 Å². The fourth-order valence-electron chi connectivity index (χ4n) is 1.16. The maximum absolute atomic E-state index is 10.8. The molecule has 12 heavy (non-hydrogen) atoms. The first-order chi connectivity index (χ1) is 5.68. The van der Waals surface area contributed by atoms with Crippen LogP contribution in [0.2, 0.25) is 0 Å². The van der Waals surface area contributed by atoms with Crippen LogP contribution < -0.4 is 0 Å². The molecule has 1 saturated heterocycles. The Balaban J connectivity index is 2.18. The number of ether oxygens (including phenoxy) is 1. The number of morpholine rings is 1. The van der Waals surface area contributed by atoms with Crippen LogP contribution in [-0.2, 0) is 9.53 Å². The van der Waals surface area contributed by atoms with Crippen molar-refractivity contribution in [2.45, 2.75) is 19.4 Å². The number of carbonyl (C=O) groups is 1. The molecule has 1 N–H and O–H groups in total. The van der Waals surface area contributed by atoms with Gasteiger partial charge in [-0.3, -0.25) is 9.69 Å². The fourth-order valence-corrected chi connectivity index (χ4v) is 1.16. The highest BCUT2D eigenvalue weighted by Gasteiger charge is 2.17. The summed E-state index contributed by atoms with van der Waals surface area (Å²) in [6.45, 7) is 4.17. The lowest BCUT2D eigenvalue weighted by Gasteiger charge is -2.25. The molecule has 0 aromatic heterocycles. The minimum atomic E-state index is -0.289. The number of rotatable bonds is 3. The highest BCUT2D eigenvalue weighted by molar-refractivity contribution is 5.72. The summed E-state index contributed by atoms with van der Waals surface area (Å²) in [5, 5.41) is 9.01. The van der Waals surface area contributed by atoms with Gasteiger partial charge < -0.3 is 9.84 Å². The second-order valence-electron chi connectivity index (χ2n) is 3.13. The molecule has 1 aliphatic rings. The first kappa shape index (κ1) is 9.48. The van der Waals surface area contributed by atoms with E-state index in [2.05, 4.69) is 0 Å². The molecule has 0 saturated carbocycles. The molecule has 0 spiro atoms. The van der Waals surface area contributed by atoms with Crippen molar-refractivity contribution in [1.29, 1.82) is 0 Å². The van der Waals surface area contributed by atoms with E-state index in [4.69, 9.17) is 9.84 Å². The maximum atomic E-state index is 10.8. The third-order valence-corrected chi connectivity index (χ3v) is 1.89. The summed E-state index contributed by atoms with van der Waals surface area (Å²) in [6, 6.07) is 0. The topological polar surface area (TPSA) is 49.8 Å². The summed E-state index contributed by atoms with van der Waals surface area (Å²) in [5.41, 5.74) is 0. The van der Waals surface area contributed by atoms with Gasteiger partial charge in [0.15, 0.2) is 0 Å². The zero-order chi connectivity index (χ0) is 8.97. The van der Waals surface area contributed by atoms with Gasteiger partial charge in [0, 0.05) is 13.1 Å². The second kappa shape index (κ2) is 4.42. The molecule has 70 valence electrons. The fraction of sp³-hybridized carbons (Fsp3) is 0.875. The SMILES string of the molecule is CC(O)CCN1CCOC(=O)C1. The molecule has 0 aromatic rings. The normalized spacial score (nSPS) is 22.0. The van der Waals surface area contributed by atoms with Gasteiger partial charge in [0.25, 0.3) is 0 Å². The molecule has 4 heteroatoms. The summed E-state index contributed by atoms with van der Waals surface area (Å²) in [4.78, 5) is 12.8. The molecule has 0 bridgehead atoms. The first-order valence-corrected chi connectivity index (χ1v) is 4.24. The van der Waals surface area contributed by atoms with Crippen molar-refractivity contribution < 1.29 is 14.6 Å².